The highest BCUT2D eigenvalue weighted by Crippen LogP contribution is 2.24. The van der Waals surface area contributed by atoms with E-state index in [9.17, 15) is 4.39 Å². The maximum Gasteiger partial charge on any atom is 0.170 e. The van der Waals surface area contributed by atoms with E-state index in [-0.39, 0.29) is 24.2 Å². The van der Waals surface area contributed by atoms with Crippen molar-refractivity contribution in [2.45, 2.75) is 32.9 Å². The summed E-state index contributed by atoms with van der Waals surface area (Å²) in [5.41, 5.74) is 6.54. The zero-order valence-corrected chi connectivity index (χ0v) is 11.9. The SMILES string of the molecule is Cc1nnc(COc2c(F)cccc2CC(C)N)n1C. The fraction of sp³-hybridized carbons (Fsp3) is 0.429. The monoisotopic (exact) mass is 278 g/mol. The van der Waals surface area contributed by atoms with Crippen molar-refractivity contribution in [3.63, 3.8) is 0 Å². The number of nitrogens with two attached hydrogens (primary N) is 1. The van der Waals surface area contributed by atoms with E-state index in [0.29, 0.717) is 12.2 Å². The molecular weight excluding hydrogens is 259 g/mol. The Morgan fingerprint density at radius 1 is 1.40 bits per heavy atom. The number of rotatable bonds is 5. The number of benzene rings is 1. The Morgan fingerprint density at radius 3 is 2.75 bits per heavy atom. The smallest absolute Gasteiger partial charge is 0.170 e. The fourth-order valence-electron chi connectivity index (χ4n) is 1.94. The minimum absolute atomic E-state index is 0.0591. The van der Waals surface area contributed by atoms with Crippen molar-refractivity contribution in [3.05, 3.63) is 41.2 Å². The van der Waals surface area contributed by atoms with Gasteiger partial charge in [0.1, 0.15) is 12.4 Å². The summed E-state index contributed by atoms with van der Waals surface area (Å²) in [6.45, 7) is 3.89. The average molecular weight is 278 g/mol. The van der Waals surface area contributed by atoms with Gasteiger partial charge in [-0.3, -0.25) is 0 Å². The predicted molar refractivity (Wildman–Crippen MR) is 73.8 cm³/mol. The normalized spacial score (nSPS) is 12.4. The van der Waals surface area contributed by atoms with Gasteiger partial charge in [-0.2, -0.15) is 0 Å². The minimum atomic E-state index is -0.387. The molecule has 0 bridgehead atoms. The molecule has 0 aliphatic heterocycles. The lowest BCUT2D eigenvalue weighted by Gasteiger charge is -2.13. The van der Waals surface area contributed by atoms with Gasteiger partial charge in [0, 0.05) is 13.1 Å². The number of aryl methyl sites for hydroxylation is 1. The molecule has 5 nitrogen and oxygen atoms in total. The molecule has 2 N–H and O–H groups in total. The second-order valence-electron chi connectivity index (χ2n) is 4.92. The Labute approximate surface area is 117 Å². The van der Waals surface area contributed by atoms with Gasteiger partial charge >= 0.3 is 0 Å². The van der Waals surface area contributed by atoms with Crippen molar-refractivity contribution < 1.29 is 9.13 Å². The van der Waals surface area contributed by atoms with Crippen LogP contribution in [0.2, 0.25) is 0 Å². The molecule has 0 aliphatic carbocycles. The van der Waals surface area contributed by atoms with Gasteiger partial charge in [0.05, 0.1) is 0 Å². The van der Waals surface area contributed by atoms with Crippen LogP contribution in [0.15, 0.2) is 18.2 Å². The third kappa shape index (κ3) is 3.14. The molecule has 0 aliphatic rings. The highest BCUT2D eigenvalue weighted by atomic mass is 19.1. The Bertz CT molecular complexity index is 595. The van der Waals surface area contributed by atoms with E-state index in [1.165, 1.54) is 6.07 Å². The summed E-state index contributed by atoms with van der Waals surface area (Å²) in [4.78, 5) is 0. The van der Waals surface area contributed by atoms with Gasteiger partial charge in [-0.05, 0) is 31.9 Å². The van der Waals surface area contributed by atoms with Crippen LogP contribution >= 0.6 is 0 Å². The highest BCUT2D eigenvalue weighted by molar-refractivity contribution is 5.35. The Hall–Kier alpha value is -1.95. The molecule has 0 saturated heterocycles. The molecule has 2 aromatic rings. The molecule has 1 aromatic heterocycles. The van der Waals surface area contributed by atoms with Crippen LogP contribution < -0.4 is 10.5 Å². The number of ether oxygens (including phenoxy) is 1. The average Bonchev–Trinajstić information content (AvgIpc) is 2.69. The summed E-state index contributed by atoms with van der Waals surface area (Å²) in [5.74, 6) is 1.29. The molecule has 0 spiro atoms. The summed E-state index contributed by atoms with van der Waals surface area (Å²) >= 11 is 0. The maximum absolute atomic E-state index is 13.9. The standard InChI is InChI=1S/C14H19FN4O/c1-9(16)7-11-5-4-6-12(15)14(11)20-8-13-18-17-10(2)19(13)3/h4-6,9H,7-8,16H2,1-3H3. The van der Waals surface area contributed by atoms with Crippen LogP contribution in [0, 0.1) is 12.7 Å². The van der Waals surface area contributed by atoms with Gasteiger partial charge in [0.2, 0.25) is 0 Å². The lowest BCUT2D eigenvalue weighted by Crippen LogP contribution is -2.18. The molecule has 1 atom stereocenters. The molecule has 1 heterocycles. The summed E-state index contributed by atoms with van der Waals surface area (Å²) < 4.78 is 21.3. The molecular formula is C14H19FN4O. The quantitative estimate of drug-likeness (QED) is 0.904. The molecule has 0 amide bonds. The Morgan fingerprint density at radius 2 is 2.15 bits per heavy atom. The second-order valence-corrected chi connectivity index (χ2v) is 4.92. The molecule has 2 rings (SSSR count). The second kappa shape index (κ2) is 6.00. The predicted octanol–water partition coefficient (Wildman–Crippen LogP) is 1.73. The molecule has 0 saturated carbocycles. The lowest BCUT2D eigenvalue weighted by molar-refractivity contribution is 0.273. The minimum Gasteiger partial charge on any atom is -0.482 e. The van der Waals surface area contributed by atoms with Crippen molar-refractivity contribution in [3.8, 4) is 5.75 Å². The van der Waals surface area contributed by atoms with Crippen LogP contribution in [0.1, 0.15) is 24.1 Å². The summed E-state index contributed by atoms with van der Waals surface area (Å²) in [6, 6.07) is 4.80. The van der Waals surface area contributed by atoms with Crippen molar-refractivity contribution in [2.75, 3.05) is 0 Å². The van der Waals surface area contributed by atoms with Gasteiger partial charge in [-0.1, -0.05) is 12.1 Å². The van der Waals surface area contributed by atoms with Crippen LogP contribution in [0.5, 0.6) is 5.75 Å². The topological polar surface area (TPSA) is 66.0 Å². The summed E-state index contributed by atoms with van der Waals surface area (Å²) in [7, 11) is 1.85. The van der Waals surface area contributed by atoms with Crippen molar-refractivity contribution in [1.82, 2.24) is 14.8 Å². The summed E-state index contributed by atoms with van der Waals surface area (Å²) in [5, 5.41) is 7.93. The van der Waals surface area contributed by atoms with E-state index in [4.69, 9.17) is 10.5 Å². The Balaban J connectivity index is 2.18. The molecule has 108 valence electrons. The molecule has 0 radical (unpaired) electrons. The third-order valence-corrected chi connectivity index (χ3v) is 3.12. The van der Waals surface area contributed by atoms with Crippen molar-refractivity contribution in [1.29, 1.82) is 0 Å². The van der Waals surface area contributed by atoms with Gasteiger partial charge in [0.15, 0.2) is 17.4 Å². The zero-order valence-electron chi connectivity index (χ0n) is 11.9. The lowest BCUT2D eigenvalue weighted by atomic mass is 10.1. The van der Waals surface area contributed by atoms with Gasteiger partial charge < -0.3 is 15.0 Å². The third-order valence-electron chi connectivity index (χ3n) is 3.12. The largest absolute Gasteiger partial charge is 0.482 e. The van der Waals surface area contributed by atoms with E-state index in [1.54, 1.807) is 6.07 Å². The molecule has 0 fully saturated rings. The number of hydrogen-bond acceptors (Lipinski definition) is 4. The van der Waals surface area contributed by atoms with Crippen LogP contribution in [0.25, 0.3) is 0 Å². The first-order chi connectivity index (χ1) is 9.49. The number of nitrogens with zero attached hydrogens (tertiary/aromatic N) is 3. The van der Waals surface area contributed by atoms with Gasteiger partial charge in [0.25, 0.3) is 0 Å². The van der Waals surface area contributed by atoms with E-state index < -0.39 is 0 Å². The van der Waals surface area contributed by atoms with Gasteiger partial charge in [-0.25, -0.2) is 4.39 Å². The van der Waals surface area contributed by atoms with Crippen LogP contribution in [0.4, 0.5) is 4.39 Å². The first-order valence-electron chi connectivity index (χ1n) is 6.49. The van der Waals surface area contributed by atoms with Crippen LogP contribution in [-0.4, -0.2) is 20.8 Å². The first-order valence-corrected chi connectivity index (χ1v) is 6.49. The van der Waals surface area contributed by atoms with E-state index in [0.717, 1.165) is 11.4 Å². The first kappa shape index (κ1) is 14.5. The molecule has 1 aromatic carbocycles. The van der Waals surface area contributed by atoms with Crippen molar-refractivity contribution >= 4 is 0 Å². The van der Waals surface area contributed by atoms with Crippen LogP contribution in [-0.2, 0) is 20.1 Å². The maximum atomic E-state index is 13.9. The molecule has 6 heteroatoms. The number of halogens is 1. The fourth-order valence-corrected chi connectivity index (χ4v) is 1.94. The zero-order chi connectivity index (χ0) is 14.7. The van der Waals surface area contributed by atoms with Crippen LogP contribution in [0.3, 0.4) is 0 Å². The van der Waals surface area contributed by atoms with Crippen molar-refractivity contribution in [2.24, 2.45) is 12.8 Å². The molecule has 20 heavy (non-hydrogen) atoms. The number of hydrogen-bond donors (Lipinski definition) is 1. The Kier molecular flexibility index (Phi) is 4.34. The van der Waals surface area contributed by atoms with Gasteiger partial charge in [-0.15, -0.1) is 10.2 Å². The van der Waals surface area contributed by atoms with E-state index in [2.05, 4.69) is 10.2 Å². The summed E-state index contributed by atoms with van der Waals surface area (Å²) in [6.07, 6.45) is 0.560. The van der Waals surface area contributed by atoms with E-state index >= 15 is 0 Å². The molecule has 1 unspecified atom stereocenters. The number of para-hydroxylation sites is 1. The number of aromatic nitrogens is 3. The highest BCUT2D eigenvalue weighted by Gasteiger charge is 2.13. The van der Waals surface area contributed by atoms with E-state index in [1.807, 2.05) is 31.5 Å².